The number of rotatable bonds is 8. The number of hydroxylamine groups is 2. The van der Waals surface area contributed by atoms with Crippen LogP contribution in [0.2, 0.25) is 0 Å². The third-order valence-electron chi connectivity index (χ3n) is 6.48. The van der Waals surface area contributed by atoms with Crippen molar-refractivity contribution in [3.8, 4) is 0 Å². The third kappa shape index (κ3) is 5.93. The highest BCUT2D eigenvalue weighted by atomic mass is 32.2. The van der Waals surface area contributed by atoms with E-state index in [4.69, 9.17) is 4.28 Å². The molecule has 8 heteroatoms. The predicted octanol–water partition coefficient (Wildman–Crippen LogP) is 4.04. The van der Waals surface area contributed by atoms with Crippen LogP contribution >= 0.6 is 0 Å². The maximum Gasteiger partial charge on any atom is 0.319 e. The highest BCUT2D eigenvalue weighted by Crippen LogP contribution is 2.37. The monoisotopic (exact) mass is 473 g/mol. The van der Waals surface area contributed by atoms with Crippen molar-refractivity contribution in [2.24, 2.45) is 0 Å². The van der Waals surface area contributed by atoms with Crippen molar-refractivity contribution in [2.45, 2.75) is 43.9 Å². The molecule has 1 fully saturated rings. The molecule has 0 aliphatic carbocycles. The second-order valence-electron chi connectivity index (χ2n) is 8.73. The Labute approximate surface area is 198 Å². The number of carbonyl (C=O) groups excluding carboxylic acids is 1. The van der Waals surface area contributed by atoms with Gasteiger partial charge in [-0.15, -0.1) is 0 Å². The molecule has 1 heterocycles. The van der Waals surface area contributed by atoms with Crippen molar-refractivity contribution in [1.29, 1.82) is 0 Å². The van der Waals surface area contributed by atoms with Gasteiger partial charge in [0, 0.05) is 45.2 Å². The minimum absolute atomic E-state index is 0.0101. The summed E-state index contributed by atoms with van der Waals surface area (Å²) in [6.45, 7) is 8.66. The molecule has 1 saturated heterocycles. The van der Waals surface area contributed by atoms with Crippen molar-refractivity contribution in [1.82, 2.24) is 14.9 Å². The van der Waals surface area contributed by atoms with Gasteiger partial charge in [0.05, 0.1) is 4.90 Å². The van der Waals surface area contributed by atoms with Gasteiger partial charge < -0.3 is 9.80 Å². The first-order valence-corrected chi connectivity index (χ1v) is 12.9. The number of nitrogens with zero attached hydrogens (tertiary/aromatic N) is 3. The van der Waals surface area contributed by atoms with Crippen molar-refractivity contribution in [3.63, 3.8) is 0 Å². The number of benzene rings is 2. The maximum absolute atomic E-state index is 12.9. The minimum atomic E-state index is -3.88. The molecule has 2 aromatic carbocycles. The lowest BCUT2D eigenvalue weighted by atomic mass is 9.72. The summed E-state index contributed by atoms with van der Waals surface area (Å²) in [4.78, 5) is 16.7. The van der Waals surface area contributed by atoms with Crippen LogP contribution in [0, 0.1) is 6.92 Å². The first-order valence-electron chi connectivity index (χ1n) is 11.5. The van der Waals surface area contributed by atoms with Crippen molar-refractivity contribution in [2.75, 3.05) is 39.8 Å². The van der Waals surface area contributed by atoms with E-state index in [0.29, 0.717) is 45.6 Å². The molecule has 7 nitrogen and oxygen atoms in total. The number of piperidine rings is 1. The van der Waals surface area contributed by atoms with E-state index in [0.717, 1.165) is 11.1 Å². The van der Waals surface area contributed by atoms with E-state index in [2.05, 4.69) is 12.1 Å². The van der Waals surface area contributed by atoms with Crippen LogP contribution in [0.25, 0.3) is 0 Å². The summed E-state index contributed by atoms with van der Waals surface area (Å²) >= 11 is 0. The number of carbonyl (C=O) groups is 1. The Hall–Kier alpha value is -2.42. The molecule has 1 aliphatic heterocycles. The van der Waals surface area contributed by atoms with Crippen LogP contribution < -0.4 is 0 Å². The van der Waals surface area contributed by atoms with Crippen LogP contribution in [0.3, 0.4) is 0 Å². The fraction of sp³-hybridized carbons (Fsp3) is 0.480. The molecule has 0 spiro atoms. The normalized spacial score (nSPS) is 16.4. The average molecular weight is 474 g/mol. The van der Waals surface area contributed by atoms with Crippen LogP contribution in [0.1, 0.15) is 37.8 Å². The Kier molecular flexibility index (Phi) is 8.15. The van der Waals surface area contributed by atoms with Gasteiger partial charge in [0.15, 0.2) is 0 Å². The second-order valence-corrected chi connectivity index (χ2v) is 10.3. The van der Waals surface area contributed by atoms with Crippen LogP contribution in [-0.2, 0) is 19.8 Å². The topological polar surface area (TPSA) is 70.2 Å². The molecular weight excluding hydrogens is 438 g/mol. The van der Waals surface area contributed by atoms with Gasteiger partial charge in [0.2, 0.25) is 0 Å². The summed E-state index contributed by atoms with van der Waals surface area (Å²) < 4.78 is 30.9. The Balaban J connectivity index is 1.75. The number of hydrogen-bond acceptors (Lipinski definition) is 5. The zero-order chi connectivity index (χ0) is 24.1. The number of aryl methyl sites for hydroxylation is 1. The van der Waals surface area contributed by atoms with E-state index in [1.807, 2.05) is 50.9 Å². The van der Waals surface area contributed by atoms with Gasteiger partial charge in [-0.25, -0.2) is 4.79 Å². The molecule has 0 unspecified atom stereocenters. The SMILES string of the molecule is CCN(CC)C(=O)N(C)CC1(c2ccccc2)CCN(OS(=O)(=O)c2ccc(C)cc2)CC1. The first kappa shape index (κ1) is 25.2. The summed E-state index contributed by atoms with van der Waals surface area (Å²) in [5.74, 6) is 0. The van der Waals surface area contributed by atoms with Gasteiger partial charge in [-0.05, 0) is 51.3 Å². The van der Waals surface area contributed by atoms with E-state index in [9.17, 15) is 13.2 Å². The van der Waals surface area contributed by atoms with Crippen LogP contribution in [0.5, 0.6) is 0 Å². The molecular formula is C25H35N3O4S. The van der Waals surface area contributed by atoms with Gasteiger partial charge in [0.25, 0.3) is 0 Å². The predicted molar refractivity (Wildman–Crippen MR) is 129 cm³/mol. The Morgan fingerprint density at radius 1 is 1.00 bits per heavy atom. The Morgan fingerprint density at radius 3 is 2.12 bits per heavy atom. The Bertz CT molecular complexity index is 1010. The van der Waals surface area contributed by atoms with E-state index in [1.54, 1.807) is 29.2 Å². The molecule has 2 aromatic rings. The summed E-state index contributed by atoms with van der Waals surface area (Å²) in [6, 6.07) is 16.8. The van der Waals surface area contributed by atoms with E-state index in [1.165, 1.54) is 5.06 Å². The molecule has 1 aliphatic rings. The lowest BCUT2D eigenvalue weighted by molar-refractivity contribution is -0.0824. The summed E-state index contributed by atoms with van der Waals surface area (Å²) in [5.41, 5.74) is 1.87. The number of hydrogen-bond donors (Lipinski definition) is 0. The number of likely N-dealkylation sites (N-methyl/N-ethyl adjacent to an activating group) is 1. The van der Waals surface area contributed by atoms with E-state index >= 15 is 0 Å². The van der Waals surface area contributed by atoms with Gasteiger partial charge in [-0.1, -0.05) is 48.0 Å². The first-order chi connectivity index (χ1) is 15.7. The molecule has 0 aromatic heterocycles. The molecule has 0 N–H and O–H groups in total. The molecule has 3 rings (SSSR count). The zero-order valence-corrected chi connectivity index (χ0v) is 20.8. The van der Waals surface area contributed by atoms with Crippen molar-refractivity contribution < 1.29 is 17.5 Å². The van der Waals surface area contributed by atoms with E-state index in [-0.39, 0.29) is 16.3 Å². The highest BCUT2D eigenvalue weighted by molar-refractivity contribution is 7.86. The van der Waals surface area contributed by atoms with Crippen LogP contribution in [0.4, 0.5) is 4.79 Å². The fourth-order valence-corrected chi connectivity index (χ4v) is 5.44. The molecule has 0 radical (unpaired) electrons. The summed E-state index contributed by atoms with van der Waals surface area (Å²) in [7, 11) is -2.04. The molecule has 0 bridgehead atoms. The van der Waals surface area contributed by atoms with E-state index < -0.39 is 10.1 Å². The summed E-state index contributed by atoms with van der Waals surface area (Å²) in [6.07, 6.45) is 1.35. The maximum atomic E-state index is 12.9. The largest absolute Gasteiger partial charge is 0.327 e. The standard InChI is InChI=1S/C25H35N3O4S/c1-5-27(6-2)24(29)26(4)20-25(22-10-8-7-9-11-22)16-18-28(19-17-25)32-33(30,31)23-14-12-21(3)13-15-23/h7-15H,5-6,16-20H2,1-4H3. The fourth-order valence-electron chi connectivity index (χ4n) is 4.46. The van der Waals surface area contributed by atoms with Crippen molar-refractivity contribution in [3.05, 3.63) is 65.7 Å². The number of urea groups is 1. The van der Waals surface area contributed by atoms with Crippen LogP contribution in [-0.4, -0.2) is 69.1 Å². The van der Waals surface area contributed by atoms with Gasteiger partial charge in [0.1, 0.15) is 0 Å². The smallest absolute Gasteiger partial charge is 0.319 e. The average Bonchev–Trinajstić information content (AvgIpc) is 2.82. The van der Waals surface area contributed by atoms with Crippen molar-refractivity contribution >= 4 is 16.1 Å². The minimum Gasteiger partial charge on any atom is -0.327 e. The van der Waals surface area contributed by atoms with Gasteiger partial charge in [-0.2, -0.15) is 17.8 Å². The van der Waals surface area contributed by atoms with Gasteiger partial charge in [-0.3, -0.25) is 0 Å². The Morgan fingerprint density at radius 2 is 1.58 bits per heavy atom. The lowest BCUT2D eigenvalue weighted by Gasteiger charge is -2.44. The molecule has 2 amide bonds. The number of amides is 2. The van der Waals surface area contributed by atoms with Crippen LogP contribution in [0.15, 0.2) is 59.5 Å². The molecule has 0 saturated carbocycles. The quantitative estimate of drug-likeness (QED) is 0.579. The lowest BCUT2D eigenvalue weighted by Crippen LogP contribution is -2.52. The molecule has 180 valence electrons. The second kappa shape index (κ2) is 10.7. The molecule has 33 heavy (non-hydrogen) atoms. The third-order valence-corrected chi connectivity index (χ3v) is 7.74. The van der Waals surface area contributed by atoms with Gasteiger partial charge >= 0.3 is 16.1 Å². The summed E-state index contributed by atoms with van der Waals surface area (Å²) in [5, 5.41) is 1.53. The zero-order valence-electron chi connectivity index (χ0n) is 20.0. The highest BCUT2D eigenvalue weighted by Gasteiger charge is 2.40. The molecule has 0 atom stereocenters.